The topological polar surface area (TPSA) is 96.4 Å². The van der Waals surface area contributed by atoms with E-state index in [1.807, 2.05) is 27.7 Å². The van der Waals surface area contributed by atoms with Crippen molar-refractivity contribution in [3.8, 4) is 5.75 Å². The van der Waals surface area contributed by atoms with Crippen molar-refractivity contribution in [2.24, 2.45) is 0 Å². The molecule has 1 aliphatic rings. The van der Waals surface area contributed by atoms with Crippen LogP contribution in [0.5, 0.6) is 5.75 Å². The highest BCUT2D eigenvalue weighted by Crippen LogP contribution is 2.38. The molecule has 0 aromatic carbocycles. The van der Waals surface area contributed by atoms with Crippen LogP contribution in [0.3, 0.4) is 0 Å². The van der Waals surface area contributed by atoms with E-state index in [0.717, 1.165) is 4.90 Å². The first-order valence-corrected chi connectivity index (χ1v) is 10.5. The van der Waals surface area contributed by atoms with Gasteiger partial charge in [-0.25, -0.2) is 9.59 Å². The van der Waals surface area contributed by atoms with Crippen molar-refractivity contribution < 1.29 is 33.1 Å². The van der Waals surface area contributed by atoms with E-state index in [0.29, 0.717) is 5.46 Å². The molecule has 10 heteroatoms. The van der Waals surface area contributed by atoms with Gasteiger partial charge in [0.1, 0.15) is 22.6 Å². The number of imide groups is 1. The van der Waals surface area contributed by atoms with Crippen LogP contribution in [-0.4, -0.2) is 53.8 Å². The lowest BCUT2D eigenvalue weighted by atomic mass is 9.79. The molecule has 1 saturated heterocycles. The molecule has 0 aliphatic carbocycles. The summed E-state index contributed by atoms with van der Waals surface area (Å²) in [4.78, 5) is 31.1. The highest BCUT2D eigenvalue weighted by Gasteiger charge is 2.53. The number of ether oxygens (including phenoxy) is 3. The Labute approximate surface area is 190 Å². The van der Waals surface area contributed by atoms with Crippen LogP contribution in [0.25, 0.3) is 0 Å². The Hall–Kier alpha value is -2.33. The van der Waals surface area contributed by atoms with E-state index < -0.39 is 41.7 Å². The van der Waals surface area contributed by atoms with Crippen molar-refractivity contribution in [3.63, 3.8) is 0 Å². The molecule has 2 rings (SSSR count). The van der Waals surface area contributed by atoms with Gasteiger partial charge in [-0.1, -0.05) is 0 Å². The lowest BCUT2D eigenvalue weighted by molar-refractivity contribution is 0.00578. The Bertz CT molecular complexity index is 828. The second kappa shape index (κ2) is 8.55. The summed E-state index contributed by atoms with van der Waals surface area (Å²) in [5.74, 6) is 0.190. The van der Waals surface area contributed by atoms with Gasteiger partial charge in [0.2, 0.25) is 0 Å². The number of carbonyl (C=O) groups is 2. The zero-order valence-electron chi connectivity index (χ0n) is 21.0. The van der Waals surface area contributed by atoms with E-state index in [1.165, 1.54) is 19.5 Å². The number of nitrogens with zero attached hydrogens (tertiary/aromatic N) is 2. The lowest BCUT2D eigenvalue weighted by Crippen LogP contribution is -2.45. The monoisotopic (exact) mass is 450 g/mol. The van der Waals surface area contributed by atoms with Crippen LogP contribution < -0.4 is 15.1 Å². The van der Waals surface area contributed by atoms with Crippen molar-refractivity contribution in [3.05, 3.63) is 12.4 Å². The molecule has 2 amide bonds. The Morgan fingerprint density at radius 2 is 1.34 bits per heavy atom. The molecule has 1 aromatic heterocycles. The number of methoxy groups -OCH3 is 1. The minimum absolute atomic E-state index is 0.0585. The molecule has 0 unspecified atom stereocenters. The maximum Gasteiger partial charge on any atom is 0.500 e. The van der Waals surface area contributed by atoms with Crippen LogP contribution in [0.4, 0.5) is 15.3 Å². The molecule has 0 N–H and O–H groups in total. The highest BCUT2D eigenvalue weighted by atomic mass is 16.7. The number of amides is 2. The second-order valence-corrected chi connectivity index (χ2v) is 10.7. The predicted molar refractivity (Wildman–Crippen MR) is 121 cm³/mol. The first-order chi connectivity index (χ1) is 14.4. The zero-order valence-corrected chi connectivity index (χ0v) is 21.0. The fraction of sp³-hybridized carbons (Fsp3) is 0.682. The maximum absolute atomic E-state index is 13.1. The maximum atomic E-state index is 13.1. The molecule has 0 bridgehead atoms. The molecule has 0 saturated carbocycles. The SMILES string of the molecule is COc1c(B2OC(C)(C)C(C)(C)O2)cncc1N(C(=O)OC(C)(C)C)C(=O)OC(C)(C)C. The molecular formula is C22H35BN2O7. The van der Waals surface area contributed by atoms with Gasteiger partial charge < -0.3 is 23.5 Å². The third-order valence-corrected chi connectivity index (χ3v) is 5.01. The second-order valence-electron chi connectivity index (χ2n) is 10.7. The highest BCUT2D eigenvalue weighted by molar-refractivity contribution is 6.63. The van der Waals surface area contributed by atoms with Gasteiger partial charge in [0.05, 0.1) is 24.5 Å². The zero-order chi connectivity index (χ0) is 24.7. The van der Waals surface area contributed by atoms with Crippen molar-refractivity contribution in [2.45, 2.75) is 91.6 Å². The Morgan fingerprint density at radius 3 is 1.72 bits per heavy atom. The molecule has 1 aliphatic heterocycles. The fourth-order valence-electron chi connectivity index (χ4n) is 2.86. The number of aromatic nitrogens is 1. The van der Waals surface area contributed by atoms with Gasteiger partial charge in [0.25, 0.3) is 0 Å². The predicted octanol–water partition coefficient (Wildman–Crippen LogP) is 4.07. The summed E-state index contributed by atoms with van der Waals surface area (Å²) in [6, 6.07) is 0. The number of rotatable bonds is 3. The van der Waals surface area contributed by atoms with Gasteiger partial charge in [-0.05, 0) is 69.2 Å². The quantitative estimate of drug-likeness (QED) is 0.636. The Balaban J connectivity index is 2.58. The van der Waals surface area contributed by atoms with Crippen molar-refractivity contribution in [1.29, 1.82) is 0 Å². The first kappa shape index (κ1) is 25.9. The van der Waals surface area contributed by atoms with Gasteiger partial charge in [0.15, 0.2) is 0 Å². The molecule has 1 aromatic rings. The summed E-state index contributed by atoms with van der Waals surface area (Å²) >= 11 is 0. The van der Waals surface area contributed by atoms with Gasteiger partial charge in [-0.3, -0.25) is 4.98 Å². The molecule has 0 atom stereocenters. The molecule has 178 valence electrons. The number of pyridine rings is 1. The van der Waals surface area contributed by atoms with Crippen molar-refractivity contribution in [1.82, 2.24) is 4.98 Å². The molecule has 2 heterocycles. The summed E-state index contributed by atoms with van der Waals surface area (Å²) in [5, 5.41) is 0. The van der Waals surface area contributed by atoms with E-state index in [9.17, 15) is 9.59 Å². The summed E-state index contributed by atoms with van der Waals surface area (Å²) in [5.41, 5.74) is -2.41. The summed E-state index contributed by atoms with van der Waals surface area (Å²) < 4.78 is 28.8. The standard InChI is InChI=1S/C22H35BN2O7/c1-19(2,3)29-17(26)25(18(27)30-20(4,5)6)15-13-24-12-14(16(15)28-11)23-31-21(7,8)22(9,10)32-23/h12-13H,1-11H3. The largest absolute Gasteiger partial charge is 0.500 e. The van der Waals surface area contributed by atoms with E-state index in [4.69, 9.17) is 23.5 Å². The average Bonchev–Trinajstić information content (AvgIpc) is 2.79. The van der Waals surface area contributed by atoms with Gasteiger partial charge in [0, 0.05) is 11.7 Å². The first-order valence-electron chi connectivity index (χ1n) is 10.5. The smallest absolute Gasteiger partial charge is 0.495 e. The van der Waals surface area contributed by atoms with Gasteiger partial charge in [-0.15, -0.1) is 0 Å². The number of carbonyl (C=O) groups excluding carboxylic acids is 2. The molecule has 32 heavy (non-hydrogen) atoms. The van der Waals surface area contributed by atoms with Crippen LogP contribution in [-0.2, 0) is 18.8 Å². The van der Waals surface area contributed by atoms with Crippen molar-refractivity contribution in [2.75, 3.05) is 12.0 Å². The number of hydrogen-bond donors (Lipinski definition) is 0. The number of anilines is 1. The van der Waals surface area contributed by atoms with E-state index >= 15 is 0 Å². The molecule has 0 radical (unpaired) electrons. The summed E-state index contributed by atoms with van der Waals surface area (Å²) in [6.45, 7) is 17.9. The minimum atomic E-state index is -0.919. The summed E-state index contributed by atoms with van der Waals surface area (Å²) in [6.07, 6.45) is 1.02. The van der Waals surface area contributed by atoms with Crippen LogP contribution >= 0.6 is 0 Å². The van der Waals surface area contributed by atoms with E-state index in [2.05, 4.69) is 4.98 Å². The normalized spacial score (nSPS) is 17.7. The van der Waals surface area contributed by atoms with Gasteiger partial charge in [-0.2, -0.15) is 4.90 Å². The third-order valence-electron chi connectivity index (χ3n) is 5.01. The third kappa shape index (κ3) is 5.72. The lowest BCUT2D eigenvalue weighted by Gasteiger charge is -2.32. The van der Waals surface area contributed by atoms with Crippen LogP contribution in [0.2, 0.25) is 0 Å². The Kier molecular flexibility index (Phi) is 6.93. The minimum Gasteiger partial charge on any atom is -0.495 e. The fourth-order valence-corrected chi connectivity index (χ4v) is 2.86. The molecular weight excluding hydrogens is 415 g/mol. The van der Waals surface area contributed by atoms with Gasteiger partial charge >= 0.3 is 19.3 Å². The molecule has 1 fully saturated rings. The average molecular weight is 450 g/mol. The van der Waals surface area contributed by atoms with Crippen LogP contribution in [0.1, 0.15) is 69.2 Å². The van der Waals surface area contributed by atoms with Crippen LogP contribution in [0.15, 0.2) is 12.4 Å². The Morgan fingerprint density at radius 1 is 0.906 bits per heavy atom. The number of hydrogen-bond acceptors (Lipinski definition) is 8. The van der Waals surface area contributed by atoms with Crippen molar-refractivity contribution >= 4 is 30.5 Å². The molecule has 0 spiro atoms. The van der Waals surface area contributed by atoms with Crippen LogP contribution in [0, 0.1) is 0 Å². The van der Waals surface area contributed by atoms with E-state index in [1.54, 1.807) is 41.5 Å². The van der Waals surface area contributed by atoms with E-state index in [-0.39, 0.29) is 11.4 Å². The molecule has 9 nitrogen and oxygen atoms in total. The summed E-state index contributed by atoms with van der Waals surface area (Å²) in [7, 11) is 0.608.